The smallest absolute Gasteiger partial charge is 0.377 e. The van der Waals surface area contributed by atoms with Gasteiger partial charge in [0.25, 0.3) is 0 Å². The average Bonchev–Trinajstić information content (AvgIpc) is 3.21. The quantitative estimate of drug-likeness (QED) is 0.853. The third-order valence-corrected chi connectivity index (χ3v) is 5.41. The molecule has 0 spiro atoms. The lowest BCUT2D eigenvalue weighted by Crippen LogP contribution is -2.56. The number of hydrogen-bond donors (Lipinski definition) is 2. The van der Waals surface area contributed by atoms with Gasteiger partial charge in [0.2, 0.25) is 0 Å². The molecule has 1 saturated carbocycles. The van der Waals surface area contributed by atoms with Crippen LogP contribution in [0.5, 0.6) is 0 Å². The minimum Gasteiger partial charge on any atom is -0.377 e. The van der Waals surface area contributed by atoms with Gasteiger partial charge in [0.05, 0.1) is 24.9 Å². The SMILES string of the molecule is Cc1n[nH]c(C)c1C1COCCN1C(=O)NC(C1CCCC1)C(F)(F)F. The second-order valence-electron chi connectivity index (χ2n) is 7.15. The summed E-state index contributed by atoms with van der Waals surface area (Å²) in [5, 5.41) is 9.26. The van der Waals surface area contributed by atoms with E-state index in [4.69, 9.17) is 4.74 Å². The largest absolute Gasteiger partial charge is 0.408 e. The Morgan fingerprint density at radius 3 is 2.62 bits per heavy atom. The summed E-state index contributed by atoms with van der Waals surface area (Å²) >= 11 is 0. The molecule has 1 aromatic rings. The Morgan fingerprint density at radius 2 is 2.04 bits per heavy atom. The molecule has 2 amide bonds. The van der Waals surface area contributed by atoms with Gasteiger partial charge < -0.3 is 15.0 Å². The molecule has 0 aromatic carbocycles. The number of nitrogens with zero attached hydrogens (tertiary/aromatic N) is 2. The molecule has 1 aromatic heterocycles. The number of morpholine rings is 1. The van der Waals surface area contributed by atoms with Crippen molar-refractivity contribution in [2.45, 2.75) is 57.8 Å². The van der Waals surface area contributed by atoms with Crippen LogP contribution in [-0.4, -0.2) is 53.1 Å². The molecular weight excluding hydrogens is 349 g/mol. The van der Waals surface area contributed by atoms with Crippen molar-refractivity contribution in [3.05, 3.63) is 17.0 Å². The summed E-state index contributed by atoms with van der Waals surface area (Å²) in [6.45, 7) is 4.43. The topological polar surface area (TPSA) is 70.2 Å². The fourth-order valence-electron chi connectivity index (χ4n) is 4.11. The van der Waals surface area contributed by atoms with Gasteiger partial charge in [-0.15, -0.1) is 0 Å². The molecule has 1 aliphatic carbocycles. The first-order valence-corrected chi connectivity index (χ1v) is 9.02. The Hall–Kier alpha value is -1.77. The van der Waals surface area contributed by atoms with E-state index in [1.54, 1.807) is 6.92 Å². The molecule has 2 unspecified atom stereocenters. The predicted molar refractivity (Wildman–Crippen MR) is 88.7 cm³/mol. The van der Waals surface area contributed by atoms with Crippen LogP contribution in [0.1, 0.15) is 48.7 Å². The second-order valence-corrected chi connectivity index (χ2v) is 7.15. The molecule has 0 bridgehead atoms. The molecule has 2 atom stereocenters. The van der Waals surface area contributed by atoms with Crippen LogP contribution < -0.4 is 5.32 Å². The molecule has 146 valence electrons. The number of alkyl halides is 3. The number of carbonyl (C=O) groups excluding carboxylic acids is 1. The van der Waals surface area contributed by atoms with Gasteiger partial charge in [0, 0.05) is 17.8 Å². The monoisotopic (exact) mass is 374 g/mol. The predicted octanol–water partition coefficient (Wildman–Crippen LogP) is 3.23. The fourth-order valence-corrected chi connectivity index (χ4v) is 4.11. The second kappa shape index (κ2) is 7.46. The van der Waals surface area contributed by atoms with Crippen LogP contribution in [0.4, 0.5) is 18.0 Å². The number of rotatable bonds is 3. The highest BCUT2D eigenvalue weighted by Crippen LogP contribution is 2.36. The lowest BCUT2D eigenvalue weighted by Gasteiger charge is -2.38. The van der Waals surface area contributed by atoms with Crippen LogP contribution >= 0.6 is 0 Å². The van der Waals surface area contributed by atoms with E-state index < -0.39 is 30.2 Å². The van der Waals surface area contributed by atoms with E-state index in [0.29, 0.717) is 19.4 Å². The minimum atomic E-state index is -4.45. The zero-order valence-corrected chi connectivity index (χ0v) is 15.0. The van der Waals surface area contributed by atoms with Crippen LogP contribution in [-0.2, 0) is 4.74 Å². The van der Waals surface area contributed by atoms with Crippen molar-refractivity contribution in [3.8, 4) is 0 Å². The Kier molecular flexibility index (Phi) is 5.45. The van der Waals surface area contributed by atoms with E-state index in [1.807, 2.05) is 6.92 Å². The lowest BCUT2D eigenvalue weighted by atomic mass is 9.97. The maximum atomic E-state index is 13.5. The van der Waals surface area contributed by atoms with E-state index >= 15 is 0 Å². The van der Waals surface area contributed by atoms with Gasteiger partial charge in [-0.2, -0.15) is 18.3 Å². The molecule has 2 fully saturated rings. The van der Waals surface area contributed by atoms with E-state index in [2.05, 4.69) is 15.5 Å². The molecule has 9 heteroatoms. The number of carbonyl (C=O) groups is 1. The van der Waals surface area contributed by atoms with Crippen molar-refractivity contribution >= 4 is 6.03 Å². The number of nitrogens with one attached hydrogen (secondary N) is 2. The minimum absolute atomic E-state index is 0.245. The van der Waals surface area contributed by atoms with Gasteiger partial charge in [0.1, 0.15) is 6.04 Å². The lowest BCUT2D eigenvalue weighted by molar-refractivity contribution is -0.165. The Balaban J connectivity index is 1.79. The highest BCUT2D eigenvalue weighted by Gasteiger charge is 2.47. The summed E-state index contributed by atoms with van der Waals surface area (Å²) < 4.78 is 46.1. The Labute approximate surface area is 150 Å². The molecule has 3 rings (SSSR count). The average molecular weight is 374 g/mol. The first-order valence-electron chi connectivity index (χ1n) is 9.02. The zero-order valence-electron chi connectivity index (χ0n) is 15.0. The molecular formula is C17H25F3N4O2. The van der Waals surface area contributed by atoms with E-state index in [-0.39, 0.29) is 13.2 Å². The van der Waals surface area contributed by atoms with Crippen molar-refractivity contribution < 1.29 is 22.7 Å². The van der Waals surface area contributed by atoms with Gasteiger partial charge >= 0.3 is 12.2 Å². The van der Waals surface area contributed by atoms with Gasteiger partial charge in [-0.05, 0) is 32.6 Å². The van der Waals surface area contributed by atoms with Crippen molar-refractivity contribution in [1.82, 2.24) is 20.4 Å². The van der Waals surface area contributed by atoms with Crippen molar-refractivity contribution in [3.63, 3.8) is 0 Å². The summed E-state index contributed by atoms with van der Waals surface area (Å²) in [6.07, 6.45) is -1.90. The fraction of sp³-hybridized carbons (Fsp3) is 0.765. The third kappa shape index (κ3) is 3.82. The van der Waals surface area contributed by atoms with Gasteiger partial charge in [-0.1, -0.05) is 12.8 Å². The van der Waals surface area contributed by atoms with Gasteiger partial charge in [0.15, 0.2) is 0 Å². The van der Waals surface area contributed by atoms with E-state index in [0.717, 1.165) is 29.8 Å². The maximum Gasteiger partial charge on any atom is 0.408 e. The van der Waals surface area contributed by atoms with Crippen LogP contribution in [0.15, 0.2) is 0 Å². The number of amides is 2. The Morgan fingerprint density at radius 1 is 1.35 bits per heavy atom. The summed E-state index contributed by atoms with van der Waals surface area (Å²) in [7, 11) is 0. The standard InChI is InChI=1S/C17H25F3N4O2/c1-10-14(11(2)23-22-10)13-9-26-8-7-24(13)16(25)21-15(17(18,19)20)12-5-3-4-6-12/h12-13,15H,3-9H2,1-2H3,(H,21,25)(H,22,23). The molecule has 1 saturated heterocycles. The normalized spacial score (nSPS) is 23.3. The van der Waals surface area contributed by atoms with Gasteiger partial charge in [-0.3, -0.25) is 5.10 Å². The van der Waals surface area contributed by atoms with Crippen molar-refractivity contribution in [2.24, 2.45) is 5.92 Å². The number of H-pyrrole nitrogens is 1. The highest BCUT2D eigenvalue weighted by atomic mass is 19.4. The third-order valence-electron chi connectivity index (χ3n) is 5.41. The number of urea groups is 1. The molecule has 2 heterocycles. The summed E-state index contributed by atoms with van der Waals surface area (Å²) in [6, 6.07) is -2.93. The molecule has 0 radical (unpaired) electrons. The number of aromatic amines is 1. The number of aryl methyl sites for hydroxylation is 2. The van der Waals surface area contributed by atoms with Crippen LogP contribution in [0.25, 0.3) is 0 Å². The molecule has 6 nitrogen and oxygen atoms in total. The maximum absolute atomic E-state index is 13.5. The molecule has 2 aliphatic rings. The molecule has 2 N–H and O–H groups in total. The van der Waals surface area contributed by atoms with Crippen LogP contribution in [0, 0.1) is 19.8 Å². The van der Waals surface area contributed by atoms with Crippen LogP contribution in [0.2, 0.25) is 0 Å². The molecule has 26 heavy (non-hydrogen) atoms. The summed E-state index contributed by atoms with van der Waals surface area (Å²) in [5.41, 5.74) is 2.32. The van der Waals surface area contributed by atoms with Crippen molar-refractivity contribution in [1.29, 1.82) is 0 Å². The summed E-state index contributed by atoms with van der Waals surface area (Å²) in [5.74, 6) is -0.546. The first kappa shape index (κ1) is 19.0. The highest BCUT2D eigenvalue weighted by molar-refractivity contribution is 5.75. The summed E-state index contributed by atoms with van der Waals surface area (Å²) in [4.78, 5) is 14.2. The van der Waals surface area contributed by atoms with Crippen LogP contribution in [0.3, 0.4) is 0 Å². The number of ether oxygens (including phenoxy) is 1. The molecule has 1 aliphatic heterocycles. The number of aromatic nitrogens is 2. The number of halogens is 3. The Bertz CT molecular complexity index is 621. The zero-order chi connectivity index (χ0) is 18.9. The first-order chi connectivity index (χ1) is 12.3. The van der Waals surface area contributed by atoms with Crippen molar-refractivity contribution in [2.75, 3.05) is 19.8 Å². The van der Waals surface area contributed by atoms with Gasteiger partial charge in [-0.25, -0.2) is 4.79 Å². The number of hydrogen-bond acceptors (Lipinski definition) is 3. The van der Waals surface area contributed by atoms with E-state index in [1.165, 1.54) is 4.90 Å². The van der Waals surface area contributed by atoms with E-state index in [9.17, 15) is 18.0 Å².